The normalized spacial score (nSPS) is 20.5. The summed E-state index contributed by atoms with van der Waals surface area (Å²) in [6, 6.07) is 9.42. The summed E-state index contributed by atoms with van der Waals surface area (Å²) in [7, 11) is 0. The van der Waals surface area contributed by atoms with Gasteiger partial charge in [-0.25, -0.2) is 14.7 Å². The molecule has 2 aliphatic rings. The number of halogens is 3. The van der Waals surface area contributed by atoms with Gasteiger partial charge in [0.05, 0.1) is 59.6 Å². The molecule has 5 heterocycles. The Morgan fingerprint density at radius 1 is 1.07 bits per heavy atom. The van der Waals surface area contributed by atoms with Gasteiger partial charge in [-0.15, -0.1) is 0 Å². The smallest absolute Gasteiger partial charge is 0.323 e. The minimum atomic E-state index is -2.93. The third-order valence-corrected chi connectivity index (χ3v) is 7.91. The highest BCUT2D eigenvalue weighted by Crippen LogP contribution is 2.36. The van der Waals surface area contributed by atoms with Crippen molar-refractivity contribution in [1.82, 2.24) is 24.3 Å². The minimum absolute atomic E-state index is 0.0260. The van der Waals surface area contributed by atoms with E-state index in [4.69, 9.17) is 11.6 Å². The first-order valence-electron chi connectivity index (χ1n) is 13.9. The number of pyridine rings is 1. The number of alkyl halides is 2. The lowest BCUT2D eigenvalue weighted by Gasteiger charge is -2.22. The Morgan fingerprint density at radius 3 is 2.65 bits per heavy atom. The van der Waals surface area contributed by atoms with Crippen molar-refractivity contribution in [3.05, 3.63) is 76.2 Å². The molecular weight excluding hydrogens is 580 g/mol. The highest BCUT2D eigenvalue weighted by atomic mass is 35.5. The van der Waals surface area contributed by atoms with E-state index in [1.807, 2.05) is 13.0 Å². The van der Waals surface area contributed by atoms with Gasteiger partial charge < -0.3 is 5.32 Å². The van der Waals surface area contributed by atoms with Crippen molar-refractivity contribution in [2.24, 2.45) is 16.3 Å². The van der Waals surface area contributed by atoms with Gasteiger partial charge in [0, 0.05) is 34.3 Å². The quantitative estimate of drug-likeness (QED) is 0.297. The fourth-order valence-electron chi connectivity index (χ4n) is 5.45. The molecule has 14 heteroatoms. The highest BCUT2D eigenvalue weighted by Gasteiger charge is 2.27. The molecule has 3 atom stereocenters. The van der Waals surface area contributed by atoms with E-state index < -0.39 is 18.5 Å². The molecule has 4 aromatic rings. The molecule has 0 saturated heterocycles. The maximum Gasteiger partial charge on any atom is 0.333 e. The number of rotatable bonds is 4. The molecule has 0 fully saturated rings. The third-order valence-electron chi connectivity index (χ3n) is 7.67. The zero-order valence-corrected chi connectivity index (χ0v) is 24.1. The molecule has 43 heavy (non-hydrogen) atoms. The van der Waals surface area contributed by atoms with E-state index in [0.29, 0.717) is 58.0 Å². The van der Waals surface area contributed by atoms with E-state index in [1.54, 1.807) is 36.2 Å². The summed E-state index contributed by atoms with van der Waals surface area (Å²) in [5.74, 6) is -0.702. The molecule has 11 nitrogen and oxygen atoms in total. The van der Waals surface area contributed by atoms with Crippen molar-refractivity contribution in [3.8, 4) is 22.5 Å². The fourth-order valence-corrected chi connectivity index (χ4v) is 5.62. The van der Waals surface area contributed by atoms with Crippen LogP contribution in [0.25, 0.3) is 22.5 Å². The van der Waals surface area contributed by atoms with Crippen LogP contribution >= 0.6 is 11.6 Å². The lowest BCUT2D eigenvalue weighted by molar-refractivity contribution is -0.119. The summed E-state index contributed by atoms with van der Waals surface area (Å²) in [4.78, 5) is 35.8. The van der Waals surface area contributed by atoms with Crippen LogP contribution in [-0.4, -0.2) is 42.8 Å². The maximum absolute atomic E-state index is 13.9. The van der Waals surface area contributed by atoms with Crippen LogP contribution in [0.15, 0.2) is 70.3 Å². The highest BCUT2D eigenvalue weighted by molar-refractivity contribution is 6.31. The molecule has 0 spiro atoms. The summed E-state index contributed by atoms with van der Waals surface area (Å²) < 4.78 is 29.9. The Hall–Kier alpha value is -4.52. The Bertz CT molecular complexity index is 1770. The zero-order valence-electron chi connectivity index (χ0n) is 23.4. The van der Waals surface area contributed by atoms with E-state index in [1.165, 1.54) is 29.4 Å². The number of nitrogens with zero attached hydrogens (tertiary/aromatic N) is 8. The standard InChI is InChI=1S/C29H28ClF2N9O2/c1-16-4-3-5-25(22-10-18(8-9-33-22)27-23(36-28(16)43)13-35-41(27)29(31)32)39-15-34-21(12-26(39)42)20-11-19(30)6-7-24(20)40-14-17(2)37-38-40/h6-13,15-17,25,29H,3-5,14H2,1-2H3,(H,36,43)/t16-,17?,25+/m1/s1. The van der Waals surface area contributed by atoms with E-state index in [2.05, 4.69) is 30.7 Å². The number of hydrogen-bond acceptors (Lipinski definition) is 8. The molecular formula is C29H28ClF2N9O2. The van der Waals surface area contributed by atoms with Crippen molar-refractivity contribution >= 4 is 28.9 Å². The van der Waals surface area contributed by atoms with E-state index in [9.17, 15) is 18.4 Å². The second kappa shape index (κ2) is 11.6. The second-order valence-electron chi connectivity index (χ2n) is 10.8. The molecule has 1 N–H and O–H groups in total. The van der Waals surface area contributed by atoms with E-state index in [0.717, 1.165) is 5.69 Å². The van der Waals surface area contributed by atoms with E-state index in [-0.39, 0.29) is 28.9 Å². The van der Waals surface area contributed by atoms with Crippen molar-refractivity contribution < 1.29 is 13.6 Å². The molecule has 1 aromatic carbocycles. The SMILES string of the molecule is CC1CN(c2ccc(Cl)cc2-c2cc(=O)n([C@H]3CCC[C@@H](C)C(=O)Nc4cnn(C(F)F)c4-c4ccnc3c4)cn2)N=N1. The van der Waals surface area contributed by atoms with Crippen molar-refractivity contribution in [3.63, 3.8) is 0 Å². The van der Waals surface area contributed by atoms with Gasteiger partial charge in [-0.3, -0.25) is 19.1 Å². The third kappa shape index (κ3) is 5.64. The second-order valence-corrected chi connectivity index (χ2v) is 11.2. The van der Waals surface area contributed by atoms with Gasteiger partial charge in [-0.2, -0.15) is 19.0 Å². The van der Waals surface area contributed by atoms with Crippen LogP contribution in [-0.2, 0) is 4.79 Å². The Labute approximate surface area is 250 Å². The lowest BCUT2D eigenvalue weighted by atomic mass is 9.97. The largest absolute Gasteiger partial charge is 0.333 e. The van der Waals surface area contributed by atoms with Gasteiger partial charge in [-0.1, -0.05) is 30.2 Å². The van der Waals surface area contributed by atoms with Crippen LogP contribution in [0.4, 0.5) is 20.2 Å². The van der Waals surface area contributed by atoms with Gasteiger partial charge in [0.1, 0.15) is 0 Å². The van der Waals surface area contributed by atoms with Crippen molar-refractivity contribution in [2.75, 3.05) is 16.9 Å². The predicted molar refractivity (Wildman–Crippen MR) is 157 cm³/mol. The summed E-state index contributed by atoms with van der Waals surface area (Å²) in [5, 5.41) is 17.2. The molecule has 222 valence electrons. The Kier molecular flexibility index (Phi) is 7.74. The summed E-state index contributed by atoms with van der Waals surface area (Å²) >= 11 is 6.33. The molecule has 1 unspecified atom stereocenters. The fraction of sp³-hybridized carbons (Fsp3) is 0.345. The zero-order chi connectivity index (χ0) is 30.2. The molecule has 2 bridgehead atoms. The van der Waals surface area contributed by atoms with Gasteiger partial charge in [0.15, 0.2) is 0 Å². The van der Waals surface area contributed by atoms with Crippen molar-refractivity contribution in [1.29, 1.82) is 0 Å². The first-order valence-corrected chi connectivity index (χ1v) is 14.3. The van der Waals surface area contributed by atoms with Crippen LogP contribution in [0.1, 0.15) is 51.4 Å². The number of fused-ring (bicyclic) bond motifs is 4. The minimum Gasteiger partial charge on any atom is -0.323 e. The molecule has 3 aromatic heterocycles. The number of aromatic nitrogens is 5. The summed E-state index contributed by atoms with van der Waals surface area (Å²) in [5.41, 5.74) is 2.56. The predicted octanol–water partition coefficient (Wildman–Crippen LogP) is 6.14. The van der Waals surface area contributed by atoms with Gasteiger partial charge in [0.2, 0.25) is 5.91 Å². The molecule has 0 saturated carbocycles. The number of amides is 1. The molecule has 2 aliphatic heterocycles. The average Bonchev–Trinajstić information content (AvgIpc) is 3.61. The number of carbonyl (C=O) groups is 1. The molecule has 6 rings (SSSR count). The number of carbonyl (C=O) groups excluding carboxylic acids is 1. The Morgan fingerprint density at radius 2 is 1.91 bits per heavy atom. The van der Waals surface area contributed by atoms with Crippen LogP contribution in [0.5, 0.6) is 0 Å². The van der Waals surface area contributed by atoms with Gasteiger partial charge in [0.25, 0.3) is 5.56 Å². The molecule has 0 radical (unpaired) electrons. The number of nitrogens with one attached hydrogen (secondary N) is 1. The number of benzene rings is 1. The van der Waals surface area contributed by atoms with Crippen molar-refractivity contribution in [2.45, 2.75) is 51.7 Å². The number of anilines is 2. The Balaban J connectivity index is 1.43. The number of hydrogen-bond donors (Lipinski definition) is 1. The van der Waals surface area contributed by atoms with Crippen LogP contribution in [0, 0.1) is 5.92 Å². The van der Waals surface area contributed by atoms with Crippen LogP contribution in [0.2, 0.25) is 5.02 Å². The summed E-state index contributed by atoms with van der Waals surface area (Å²) in [6.07, 6.45) is 5.75. The van der Waals surface area contributed by atoms with Crippen LogP contribution < -0.4 is 15.9 Å². The summed E-state index contributed by atoms with van der Waals surface area (Å²) in [6.45, 7) is 1.38. The maximum atomic E-state index is 13.9. The first-order chi connectivity index (χ1) is 20.7. The van der Waals surface area contributed by atoms with Gasteiger partial charge in [-0.05, 0) is 50.1 Å². The average molecular weight is 608 g/mol. The van der Waals surface area contributed by atoms with E-state index >= 15 is 0 Å². The van der Waals surface area contributed by atoms with Gasteiger partial charge >= 0.3 is 6.55 Å². The first kappa shape index (κ1) is 28.6. The lowest BCUT2D eigenvalue weighted by Crippen LogP contribution is -2.27. The molecule has 1 amide bonds. The monoisotopic (exact) mass is 607 g/mol. The van der Waals surface area contributed by atoms with Crippen LogP contribution in [0.3, 0.4) is 0 Å². The molecule has 0 aliphatic carbocycles. The topological polar surface area (TPSA) is 123 Å².